The maximum atomic E-state index is 12.6. The number of rotatable bonds is 5. The molecule has 3 rings (SSSR count). The van der Waals surface area contributed by atoms with E-state index < -0.39 is 5.97 Å². The summed E-state index contributed by atoms with van der Waals surface area (Å²) >= 11 is 5.85. The lowest BCUT2D eigenvalue weighted by molar-refractivity contribution is 0.0517. The second-order valence-electron chi connectivity index (χ2n) is 5.93. The van der Waals surface area contributed by atoms with Gasteiger partial charge < -0.3 is 4.74 Å². The van der Waals surface area contributed by atoms with E-state index in [0.29, 0.717) is 16.4 Å². The Kier molecular flexibility index (Phi) is 6.20. The zero-order chi connectivity index (χ0) is 20.8. The average Bonchev–Trinajstić information content (AvgIpc) is 3.09. The number of nitrogens with zero attached hydrogens (tertiary/aromatic N) is 5. The van der Waals surface area contributed by atoms with Gasteiger partial charge >= 0.3 is 5.97 Å². The van der Waals surface area contributed by atoms with E-state index in [0.717, 1.165) is 5.56 Å². The molecule has 0 saturated heterocycles. The van der Waals surface area contributed by atoms with Crippen molar-refractivity contribution in [2.24, 2.45) is 9.98 Å². The van der Waals surface area contributed by atoms with Crippen molar-refractivity contribution in [3.05, 3.63) is 70.5 Å². The number of hydrogen-bond donors (Lipinski definition) is 0. The Morgan fingerprint density at radius 1 is 1.17 bits per heavy atom. The maximum absolute atomic E-state index is 12.6. The minimum atomic E-state index is -0.644. The van der Waals surface area contributed by atoms with E-state index >= 15 is 0 Å². The monoisotopic (exact) mass is 405 g/mol. The molecule has 0 atom stereocenters. The van der Waals surface area contributed by atoms with Crippen LogP contribution in [0.25, 0.3) is 5.69 Å². The molecule has 0 aliphatic carbocycles. The van der Waals surface area contributed by atoms with E-state index in [-0.39, 0.29) is 23.7 Å². The van der Waals surface area contributed by atoms with Crippen LogP contribution in [-0.4, -0.2) is 28.4 Å². The predicted octanol–water partition coefficient (Wildman–Crippen LogP) is 5.02. The molecule has 0 fully saturated rings. The van der Waals surface area contributed by atoms with Gasteiger partial charge in [0.25, 0.3) is 0 Å². The van der Waals surface area contributed by atoms with Crippen LogP contribution in [0.1, 0.15) is 28.7 Å². The summed E-state index contributed by atoms with van der Waals surface area (Å²) in [5.74, 6) is -0.644. The summed E-state index contributed by atoms with van der Waals surface area (Å²) < 4.78 is 6.49. The number of aliphatic imine (C=N–C) groups is 2. The summed E-state index contributed by atoms with van der Waals surface area (Å²) in [6.45, 7) is 3.81. The summed E-state index contributed by atoms with van der Waals surface area (Å²) in [6, 6.07) is 18.6. The van der Waals surface area contributed by atoms with Crippen LogP contribution in [-0.2, 0) is 4.74 Å². The van der Waals surface area contributed by atoms with Gasteiger partial charge in [-0.1, -0.05) is 29.3 Å². The molecule has 0 aliphatic heterocycles. The highest BCUT2D eigenvalue weighted by Gasteiger charge is 2.25. The Morgan fingerprint density at radius 2 is 1.86 bits per heavy atom. The van der Waals surface area contributed by atoms with Crippen LogP contribution in [0.15, 0.2) is 58.5 Å². The Morgan fingerprint density at radius 3 is 2.48 bits per heavy atom. The van der Waals surface area contributed by atoms with Crippen LogP contribution < -0.4 is 0 Å². The molecule has 0 aliphatic rings. The van der Waals surface area contributed by atoms with Gasteiger partial charge in [0.2, 0.25) is 0 Å². The first-order chi connectivity index (χ1) is 14.0. The molecule has 1 aromatic heterocycles. The van der Waals surface area contributed by atoms with Gasteiger partial charge in [0.1, 0.15) is 17.8 Å². The van der Waals surface area contributed by atoms with Gasteiger partial charge in [0.05, 0.1) is 18.0 Å². The lowest BCUT2D eigenvalue weighted by Crippen LogP contribution is -2.12. The minimum absolute atomic E-state index is 0.0334. The number of aromatic nitrogens is 2. The number of hydrogen-bond acceptors (Lipinski definition) is 6. The van der Waals surface area contributed by atoms with E-state index in [1.165, 1.54) is 4.68 Å². The molecule has 0 spiro atoms. The molecule has 8 heteroatoms. The molecule has 144 valence electrons. The third-order valence-electron chi connectivity index (χ3n) is 3.88. The number of halogens is 1. The van der Waals surface area contributed by atoms with Crippen molar-refractivity contribution in [1.29, 1.82) is 5.26 Å². The molecule has 0 bridgehead atoms. The number of aryl methyl sites for hydroxylation is 1. The Bertz CT molecular complexity index is 1140. The van der Waals surface area contributed by atoms with Gasteiger partial charge in [-0.2, -0.15) is 20.3 Å². The molecular weight excluding hydrogens is 390 g/mol. The SMILES string of the molecule is CCOC(=O)c1c(N=C=Nc2ccc(Cl)cc2)c(C#N)nn1-c1ccc(C)cc1. The summed E-state index contributed by atoms with van der Waals surface area (Å²) in [7, 11) is 0. The van der Waals surface area contributed by atoms with E-state index in [1.807, 2.05) is 25.1 Å². The smallest absolute Gasteiger partial charge is 0.359 e. The summed E-state index contributed by atoms with van der Waals surface area (Å²) in [4.78, 5) is 20.8. The molecule has 3 aromatic rings. The van der Waals surface area contributed by atoms with Gasteiger partial charge in [-0.25, -0.2) is 9.48 Å². The fraction of sp³-hybridized carbons (Fsp3) is 0.143. The zero-order valence-electron chi connectivity index (χ0n) is 15.8. The Balaban J connectivity index is 2.13. The van der Waals surface area contributed by atoms with E-state index in [1.54, 1.807) is 43.3 Å². The summed E-state index contributed by atoms with van der Waals surface area (Å²) in [5.41, 5.74) is 2.27. The molecule has 0 saturated carbocycles. The fourth-order valence-electron chi connectivity index (χ4n) is 2.49. The highest BCUT2D eigenvalue weighted by Crippen LogP contribution is 2.27. The molecule has 29 heavy (non-hydrogen) atoms. The maximum Gasteiger partial charge on any atom is 0.359 e. The molecule has 0 amide bonds. The van der Waals surface area contributed by atoms with Crippen molar-refractivity contribution in [3.8, 4) is 11.8 Å². The van der Waals surface area contributed by atoms with Crippen LogP contribution in [0.4, 0.5) is 11.4 Å². The summed E-state index contributed by atoms with van der Waals surface area (Å²) in [6.07, 6.45) is 0. The first-order valence-electron chi connectivity index (χ1n) is 8.72. The van der Waals surface area contributed by atoms with Crippen molar-refractivity contribution < 1.29 is 9.53 Å². The normalized spacial score (nSPS) is 10.0. The van der Waals surface area contributed by atoms with Crippen molar-refractivity contribution >= 4 is 35.0 Å². The number of nitriles is 1. The van der Waals surface area contributed by atoms with Crippen LogP contribution in [0.3, 0.4) is 0 Å². The average molecular weight is 406 g/mol. The third kappa shape index (κ3) is 4.58. The molecule has 0 N–H and O–H groups in total. The lowest BCUT2D eigenvalue weighted by atomic mass is 10.2. The highest BCUT2D eigenvalue weighted by molar-refractivity contribution is 6.30. The second-order valence-corrected chi connectivity index (χ2v) is 6.36. The first-order valence-corrected chi connectivity index (χ1v) is 9.10. The van der Waals surface area contributed by atoms with Gasteiger partial charge in [-0.05, 0) is 50.2 Å². The van der Waals surface area contributed by atoms with Crippen LogP contribution in [0.2, 0.25) is 5.02 Å². The number of carbonyl (C=O) groups is 1. The van der Waals surface area contributed by atoms with E-state index in [4.69, 9.17) is 16.3 Å². The van der Waals surface area contributed by atoms with E-state index in [2.05, 4.69) is 21.1 Å². The second kappa shape index (κ2) is 8.98. The van der Waals surface area contributed by atoms with Crippen LogP contribution in [0.5, 0.6) is 0 Å². The fourth-order valence-corrected chi connectivity index (χ4v) is 2.62. The number of ether oxygens (including phenoxy) is 1. The van der Waals surface area contributed by atoms with Crippen molar-refractivity contribution in [3.63, 3.8) is 0 Å². The van der Waals surface area contributed by atoms with Gasteiger partial charge in [0, 0.05) is 5.02 Å². The quantitative estimate of drug-likeness (QED) is 0.440. The van der Waals surface area contributed by atoms with Gasteiger partial charge in [0.15, 0.2) is 11.4 Å². The molecule has 0 unspecified atom stereocenters. The van der Waals surface area contributed by atoms with Crippen molar-refractivity contribution in [1.82, 2.24) is 9.78 Å². The number of carbonyl (C=O) groups excluding carboxylic acids is 1. The topological polar surface area (TPSA) is 92.6 Å². The molecular formula is C21H16ClN5O2. The van der Waals surface area contributed by atoms with Crippen molar-refractivity contribution in [2.75, 3.05) is 6.61 Å². The molecule has 1 heterocycles. The third-order valence-corrected chi connectivity index (χ3v) is 4.13. The molecule has 0 radical (unpaired) electrons. The summed E-state index contributed by atoms with van der Waals surface area (Å²) in [5, 5.41) is 14.3. The van der Waals surface area contributed by atoms with Gasteiger partial charge in [-0.3, -0.25) is 0 Å². The molecule has 2 aromatic carbocycles. The Hall–Kier alpha value is -3.72. The Labute approximate surface area is 172 Å². The number of benzene rings is 2. The predicted molar refractivity (Wildman–Crippen MR) is 110 cm³/mol. The highest BCUT2D eigenvalue weighted by atomic mass is 35.5. The standard InChI is InChI=1S/C21H16ClN5O2/c1-3-29-21(28)20-19(25-13-24-16-8-6-15(22)7-9-16)18(12-23)26-27(20)17-10-4-14(2)5-11-17/h4-11H,3H2,1-2H3. The largest absolute Gasteiger partial charge is 0.461 e. The minimum Gasteiger partial charge on any atom is -0.461 e. The van der Waals surface area contributed by atoms with E-state index in [9.17, 15) is 10.1 Å². The van der Waals surface area contributed by atoms with Crippen molar-refractivity contribution in [2.45, 2.75) is 13.8 Å². The zero-order valence-corrected chi connectivity index (χ0v) is 16.5. The van der Waals surface area contributed by atoms with Crippen LogP contribution >= 0.6 is 11.6 Å². The van der Waals surface area contributed by atoms with Gasteiger partial charge in [-0.15, -0.1) is 0 Å². The lowest BCUT2D eigenvalue weighted by Gasteiger charge is -2.07. The van der Waals surface area contributed by atoms with Crippen LogP contribution in [0, 0.1) is 18.3 Å². The first kappa shape index (κ1) is 20.0. The molecule has 7 nitrogen and oxygen atoms in total. The number of esters is 1.